The number of nitrogens with zero attached hydrogens (tertiary/aromatic N) is 3. The van der Waals surface area contributed by atoms with Gasteiger partial charge < -0.3 is 15.1 Å². The van der Waals surface area contributed by atoms with Crippen LogP contribution in [0.1, 0.15) is 28.5 Å². The van der Waals surface area contributed by atoms with Crippen LogP contribution < -0.4 is 10.9 Å². The number of hydrogen-bond acceptors (Lipinski definition) is 5. The normalized spacial score (nSPS) is 14.3. The lowest BCUT2D eigenvalue weighted by atomic mass is 10.0. The molecule has 2 N–H and O–H groups in total. The van der Waals surface area contributed by atoms with Crippen molar-refractivity contribution < 1.29 is 18.4 Å². The smallest absolute Gasteiger partial charge is 0.272 e. The van der Waals surface area contributed by atoms with E-state index in [1.54, 1.807) is 54.3 Å². The Balaban J connectivity index is 1.25. The second-order valence-electron chi connectivity index (χ2n) is 9.50. The van der Waals surface area contributed by atoms with Gasteiger partial charge in [0.25, 0.3) is 11.5 Å². The minimum Gasteiger partial charge on any atom is -0.372 e. The van der Waals surface area contributed by atoms with E-state index >= 15 is 0 Å². The molecule has 1 unspecified atom stereocenters. The molecule has 1 saturated heterocycles. The number of hydrogen-bond donors (Lipinski definition) is 2. The van der Waals surface area contributed by atoms with Crippen LogP contribution in [0, 0.1) is 11.6 Å². The number of fused-ring (bicyclic) bond motifs is 1. The van der Waals surface area contributed by atoms with Gasteiger partial charge in [0.2, 0.25) is 5.91 Å². The van der Waals surface area contributed by atoms with Crippen molar-refractivity contribution in [1.82, 2.24) is 20.0 Å². The molecule has 1 aliphatic heterocycles. The van der Waals surface area contributed by atoms with Crippen LogP contribution >= 0.6 is 0 Å². The number of carbonyl (C=O) groups excluding carboxylic acids is 2. The highest BCUT2D eigenvalue weighted by atomic mass is 19.1. The predicted octanol–water partition coefficient (Wildman–Crippen LogP) is 3.58. The SMILES string of the molecule is CC(Nc1ccccc1F)C(=O)N1CCN(C(=O)c2cc(Cc3n[nH]c(=O)c4ccccc34)ccc2F)CC1. The van der Waals surface area contributed by atoms with E-state index in [2.05, 4.69) is 15.5 Å². The molecule has 2 heterocycles. The largest absolute Gasteiger partial charge is 0.372 e. The molecule has 2 amide bonds. The molecule has 3 aromatic carbocycles. The van der Waals surface area contributed by atoms with Crippen molar-refractivity contribution in [3.63, 3.8) is 0 Å². The Hall–Kier alpha value is -4.60. The molecule has 0 saturated carbocycles. The number of benzene rings is 3. The van der Waals surface area contributed by atoms with Crippen LogP contribution in [-0.2, 0) is 11.2 Å². The second-order valence-corrected chi connectivity index (χ2v) is 9.50. The second kappa shape index (κ2) is 11.0. The van der Waals surface area contributed by atoms with Crippen molar-refractivity contribution >= 4 is 28.3 Å². The number of carbonyl (C=O) groups is 2. The number of para-hydroxylation sites is 1. The summed E-state index contributed by atoms with van der Waals surface area (Å²) in [7, 11) is 0. The van der Waals surface area contributed by atoms with Gasteiger partial charge in [-0.15, -0.1) is 0 Å². The number of halogens is 2. The Morgan fingerprint density at radius 2 is 1.59 bits per heavy atom. The van der Waals surface area contributed by atoms with E-state index in [1.807, 2.05) is 6.07 Å². The summed E-state index contributed by atoms with van der Waals surface area (Å²) in [5.41, 5.74) is 1.18. The molecule has 1 aromatic heterocycles. The summed E-state index contributed by atoms with van der Waals surface area (Å²) in [4.78, 5) is 41.4. The zero-order valence-electron chi connectivity index (χ0n) is 21.3. The Morgan fingerprint density at radius 3 is 2.33 bits per heavy atom. The highest BCUT2D eigenvalue weighted by Crippen LogP contribution is 2.20. The molecule has 8 nitrogen and oxygen atoms in total. The number of H-pyrrole nitrogens is 1. The first-order valence-corrected chi connectivity index (χ1v) is 12.7. The summed E-state index contributed by atoms with van der Waals surface area (Å²) >= 11 is 0. The van der Waals surface area contributed by atoms with E-state index in [4.69, 9.17) is 0 Å². The van der Waals surface area contributed by atoms with Gasteiger partial charge >= 0.3 is 0 Å². The van der Waals surface area contributed by atoms with Crippen LogP contribution in [0.3, 0.4) is 0 Å². The summed E-state index contributed by atoms with van der Waals surface area (Å²) in [6.07, 6.45) is 0.299. The Labute approximate surface area is 223 Å². The molecule has 39 heavy (non-hydrogen) atoms. The third-order valence-electron chi connectivity index (χ3n) is 6.90. The van der Waals surface area contributed by atoms with Crippen LogP contribution in [0.2, 0.25) is 0 Å². The molecule has 200 valence electrons. The molecule has 5 rings (SSSR count). The Bertz CT molecular complexity index is 1600. The van der Waals surface area contributed by atoms with Gasteiger partial charge in [-0.05, 0) is 42.8 Å². The van der Waals surface area contributed by atoms with E-state index in [9.17, 15) is 23.2 Å². The van der Waals surface area contributed by atoms with Crippen LogP contribution in [0.15, 0.2) is 71.5 Å². The van der Waals surface area contributed by atoms with E-state index in [1.165, 1.54) is 23.1 Å². The number of anilines is 1. The first-order valence-electron chi connectivity index (χ1n) is 12.7. The van der Waals surface area contributed by atoms with Crippen LogP contribution in [0.4, 0.5) is 14.5 Å². The molecular weight excluding hydrogens is 504 g/mol. The number of aromatic nitrogens is 2. The standard InChI is InChI=1S/C29H27F2N5O3/c1-18(32-25-9-5-4-8-24(25)31)28(38)35-12-14-36(15-13-35)29(39)22-16-19(10-11-23(22)30)17-26-20-6-2-3-7-21(20)27(37)34-33-26/h2-11,16,18,32H,12-15,17H2,1H3,(H,34,37). The summed E-state index contributed by atoms with van der Waals surface area (Å²) in [6, 6.07) is 16.9. The van der Waals surface area contributed by atoms with Gasteiger partial charge in [0, 0.05) is 38.0 Å². The van der Waals surface area contributed by atoms with Crippen molar-refractivity contribution in [3.8, 4) is 0 Å². The van der Waals surface area contributed by atoms with Crippen molar-refractivity contribution in [2.45, 2.75) is 19.4 Å². The lowest BCUT2D eigenvalue weighted by Gasteiger charge is -2.36. The maximum atomic E-state index is 14.8. The summed E-state index contributed by atoms with van der Waals surface area (Å²) < 4.78 is 28.7. The van der Waals surface area contributed by atoms with Crippen molar-refractivity contribution in [1.29, 1.82) is 0 Å². The maximum absolute atomic E-state index is 14.8. The summed E-state index contributed by atoms with van der Waals surface area (Å²) in [5.74, 6) is -1.75. The fraction of sp³-hybridized carbons (Fsp3) is 0.241. The van der Waals surface area contributed by atoms with Crippen molar-refractivity contribution in [2.75, 3.05) is 31.5 Å². The highest BCUT2D eigenvalue weighted by Gasteiger charge is 2.29. The number of piperazine rings is 1. The van der Waals surface area contributed by atoms with E-state index in [-0.39, 0.29) is 48.9 Å². The average molecular weight is 532 g/mol. The van der Waals surface area contributed by atoms with Crippen LogP contribution in [-0.4, -0.2) is 64.0 Å². The monoisotopic (exact) mass is 531 g/mol. The van der Waals surface area contributed by atoms with Crippen molar-refractivity contribution in [2.24, 2.45) is 0 Å². The van der Waals surface area contributed by atoms with E-state index in [0.717, 1.165) is 0 Å². The lowest BCUT2D eigenvalue weighted by molar-refractivity contribution is -0.133. The Morgan fingerprint density at radius 1 is 0.923 bits per heavy atom. The summed E-state index contributed by atoms with van der Waals surface area (Å²) in [6.45, 7) is 2.71. The zero-order valence-corrected chi connectivity index (χ0v) is 21.3. The van der Waals surface area contributed by atoms with E-state index in [0.29, 0.717) is 28.5 Å². The Kier molecular flexibility index (Phi) is 7.36. The van der Waals surface area contributed by atoms with Crippen LogP contribution in [0.5, 0.6) is 0 Å². The first kappa shape index (κ1) is 26.0. The van der Waals surface area contributed by atoms with Gasteiger partial charge in [-0.1, -0.05) is 36.4 Å². The molecule has 10 heteroatoms. The fourth-order valence-electron chi connectivity index (χ4n) is 4.79. The zero-order chi connectivity index (χ0) is 27.5. The maximum Gasteiger partial charge on any atom is 0.272 e. The average Bonchev–Trinajstić information content (AvgIpc) is 2.96. The number of nitrogens with one attached hydrogen (secondary N) is 2. The molecule has 4 aromatic rings. The van der Waals surface area contributed by atoms with Gasteiger partial charge in [0.05, 0.1) is 22.3 Å². The van der Waals surface area contributed by atoms with Crippen molar-refractivity contribution in [3.05, 3.63) is 106 Å². The topological polar surface area (TPSA) is 98.4 Å². The number of amides is 2. The minimum absolute atomic E-state index is 0.0596. The van der Waals surface area contributed by atoms with Gasteiger partial charge in [-0.3, -0.25) is 14.4 Å². The fourth-order valence-corrected chi connectivity index (χ4v) is 4.79. The predicted molar refractivity (Wildman–Crippen MR) is 144 cm³/mol. The van der Waals surface area contributed by atoms with E-state index < -0.39 is 23.6 Å². The molecule has 0 spiro atoms. The lowest BCUT2D eigenvalue weighted by Crippen LogP contribution is -2.53. The quantitative estimate of drug-likeness (QED) is 0.397. The van der Waals surface area contributed by atoms with Crippen LogP contribution in [0.25, 0.3) is 10.8 Å². The van der Waals surface area contributed by atoms with Gasteiger partial charge in [0.1, 0.15) is 17.7 Å². The highest BCUT2D eigenvalue weighted by molar-refractivity contribution is 5.95. The molecule has 0 aliphatic carbocycles. The van der Waals surface area contributed by atoms with Gasteiger partial charge in [-0.2, -0.15) is 5.10 Å². The number of aromatic amines is 1. The molecule has 1 atom stereocenters. The molecule has 0 radical (unpaired) electrons. The third kappa shape index (κ3) is 5.50. The summed E-state index contributed by atoms with van der Waals surface area (Å²) in [5, 5.41) is 10.8. The molecule has 0 bridgehead atoms. The molecule has 1 aliphatic rings. The van der Waals surface area contributed by atoms with Gasteiger partial charge in [0.15, 0.2) is 0 Å². The van der Waals surface area contributed by atoms with Gasteiger partial charge in [-0.25, -0.2) is 13.9 Å². The minimum atomic E-state index is -0.657. The molecular formula is C29H27F2N5O3. The molecule has 1 fully saturated rings. The third-order valence-corrected chi connectivity index (χ3v) is 6.90. The number of rotatable bonds is 6. The first-order chi connectivity index (χ1) is 18.8.